The van der Waals surface area contributed by atoms with Crippen LogP contribution in [-0.4, -0.2) is 17.8 Å². The zero-order valence-corrected chi connectivity index (χ0v) is 10.1. The molecule has 3 heteroatoms. The van der Waals surface area contributed by atoms with E-state index >= 15 is 0 Å². The number of hydrogen-bond donors (Lipinski definition) is 2. The third kappa shape index (κ3) is 4.19. The molecule has 1 rings (SSSR count). The Hall–Kier alpha value is -1.09. The van der Waals surface area contributed by atoms with Gasteiger partial charge in [0, 0.05) is 11.7 Å². The van der Waals surface area contributed by atoms with Crippen molar-refractivity contribution < 1.29 is 9.50 Å². The molecule has 0 fully saturated rings. The lowest BCUT2D eigenvalue weighted by Crippen LogP contribution is -2.25. The quantitative estimate of drug-likeness (QED) is 0.807. The molecule has 0 aliphatic rings. The lowest BCUT2D eigenvalue weighted by molar-refractivity contribution is 0.259. The van der Waals surface area contributed by atoms with Crippen LogP contribution in [0.2, 0.25) is 0 Å². The maximum atomic E-state index is 13.1. The fourth-order valence-corrected chi connectivity index (χ4v) is 1.80. The third-order valence-corrected chi connectivity index (χ3v) is 2.39. The van der Waals surface area contributed by atoms with Crippen molar-refractivity contribution in [3.63, 3.8) is 0 Å². The molecule has 0 amide bonds. The van der Waals surface area contributed by atoms with Gasteiger partial charge in [0.1, 0.15) is 5.82 Å². The SMILES string of the molecule is Cc1cc(F)cc(NC(CO)CC(C)C)c1. The fraction of sp³-hybridized carbons (Fsp3) is 0.538. The molecular weight excluding hydrogens is 205 g/mol. The van der Waals surface area contributed by atoms with Crippen molar-refractivity contribution in [2.24, 2.45) is 5.92 Å². The van der Waals surface area contributed by atoms with Crippen LogP contribution in [0.25, 0.3) is 0 Å². The first-order chi connectivity index (χ1) is 7.51. The molecule has 0 aliphatic heterocycles. The summed E-state index contributed by atoms with van der Waals surface area (Å²) in [6, 6.07) is 4.81. The molecule has 16 heavy (non-hydrogen) atoms. The predicted octanol–water partition coefficient (Wildman–Crippen LogP) is 2.95. The van der Waals surface area contributed by atoms with E-state index in [1.165, 1.54) is 12.1 Å². The van der Waals surface area contributed by atoms with E-state index < -0.39 is 0 Å². The minimum atomic E-state index is -0.247. The molecule has 1 unspecified atom stereocenters. The number of anilines is 1. The molecule has 0 saturated carbocycles. The summed E-state index contributed by atoms with van der Waals surface area (Å²) in [5.74, 6) is 0.253. The highest BCUT2D eigenvalue weighted by Gasteiger charge is 2.10. The molecule has 0 aliphatic carbocycles. The van der Waals surface area contributed by atoms with E-state index in [4.69, 9.17) is 0 Å². The van der Waals surface area contributed by atoms with Crippen molar-refractivity contribution in [3.8, 4) is 0 Å². The molecular formula is C13H20FNO. The Labute approximate surface area is 96.5 Å². The minimum absolute atomic E-state index is 0.0128. The van der Waals surface area contributed by atoms with Gasteiger partial charge in [0.2, 0.25) is 0 Å². The van der Waals surface area contributed by atoms with Crippen LogP contribution < -0.4 is 5.32 Å². The van der Waals surface area contributed by atoms with Gasteiger partial charge >= 0.3 is 0 Å². The van der Waals surface area contributed by atoms with Crippen molar-refractivity contribution in [1.29, 1.82) is 0 Å². The smallest absolute Gasteiger partial charge is 0.125 e. The molecule has 1 atom stereocenters. The Morgan fingerprint density at radius 1 is 1.31 bits per heavy atom. The normalized spacial score (nSPS) is 12.9. The van der Waals surface area contributed by atoms with Gasteiger partial charge in [0.25, 0.3) is 0 Å². The summed E-state index contributed by atoms with van der Waals surface area (Å²) in [4.78, 5) is 0. The van der Waals surface area contributed by atoms with Gasteiger partial charge in [-0.1, -0.05) is 13.8 Å². The number of nitrogens with one attached hydrogen (secondary N) is 1. The van der Waals surface area contributed by atoms with Crippen molar-refractivity contribution in [3.05, 3.63) is 29.6 Å². The molecule has 0 bridgehead atoms. The summed E-state index contributed by atoms with van der Waals surface area (Å²) in [6.45, 7) is 6.11. The van der Waals surface area contributed by atoms with Gasteiger partial charge in [-0.15, -0.1) is 0 Å². The second kappa shape index (κ2) is 5.85. The highest BCUT2D eigenvalue weighted by molar-refractivity contribution is 5.46. The van der Waals surface area contributed by atoms with E-state index in [2.05, 4.69) is 19.2 Å². The Morgan fingerprint density at radius 3 is 2.50 bits per heavy atom. The van der Waals surface area contributed by atoms with Crippen LogP contribution >= 0.6 is 0 Å². The van der Waals surface area contributed by atoms with Crippen molar-refractivity contribution in [1.82, 2.24) is 0 Å². The number of aliphatic hydroxyl groups is 1. The van der Waals surface area contributed by atoms with E-state index in [-0.39, 0.29) is 18.5 Å². The Bertz CT molecular complexity index is 318. The number of hydrogen-bond acceptors (Lipinski definition) is 2. The first-order valence-electron chi connectivity index (χ1n) is 5.66. The molecule has 0 saturated heterocycles. The number of aryl methyl sites for hydroxylation is 1. The molecule has 0 radical (unpaired) electrons. The predicted molar refractivity (Wildman–Crippen MR) is 65.1 cm³/mol. The average Bonchev–Trinajstić information content (AvgIpc) is 2.14. The second-order valence-corrected chi connectivity index (χ2v) is 4.67. The summed E-state index contributed by atoms with van der Waals surface area (Å²) in [6.07, 6.45) is 0.867. The maximum absolute atomic E-state index is 13.1. The first-order valence-corrected chi connectivity index (χ1v) is 5.66. The van der Waals surface area contributed by atoms with Crippen molar-refractivity contribution in [2.45, 2.75) is 33.2 Å². The molecule has 0 heterocycles. The minimum Gasteiger partial charge on any atom is -0.394 e. The summed E-state index contributed by atoms with van der Waals surface area (Å²) >= 11 is 0. The molecule has 0 spiro atoms. The Kier molecular flexibility index (Phi) is 4.74. The zero-order chi connectivity index (χ0) is 12.1. The van der Waals surface area contributed by atoms with Crippen LogP contribution in [-0.2, 0) is 0 Å². The molecule has 1 aromatic rings. The van der Waals surface area contributed by atoms with Crippen molar-refractivity contribution in [2.75, 3.05) is 11.9 Å². The van der Waals surface area contributed by atoms with E-state index in [9.17, 15) is 9.50 Å². The maximum Gasteiger partial charge on any atom is 0.125 e. The molecule has 2 N–H and O–H groups in total. The Morgan fingerprint density at radius 2 is 2.00 bits per heavy atom. The van der Waals surface area contributed by atoms with E-state index in [0.29, 0.717) is 5.92 Å². The average molecular weight is 225 g/mol. The van der Waals surface area contributed by atoms with E-state index in [0.717, 1.165) is 17.7 Å². The summed E-state index contributed by atoms with van der Waals surface area (Å²) < 4.78 is 13.1. The number of halogens is 1. The second-order valence-electron chi connectivity index (χ2n) is 4.67. The molecule has 90 valence electrons. The van der Waals surface area contributed by atoms with Gasteiger partial charge in [-0.3, -0.25) is 0 Å². The third-order valence-electron chi connectivity index (χ3n) is 2.39. The van der Waals surface area contributed by atoms with Gasteiger partial charge in [-0.05, 0) is 43.0 Å². The monoisotopic (exact) mass is 225 g/mol. The van der Waals surface area contributed by atoms with Crippen LogP contribution in [0.15, 0.2) is 18.2 Å². The lowest BCUT2D eigenvalue weighted by Gasteiger charge is -2.19. The largest absolute Gasteiger partial charge is 0.394 e. The van der Waals surface area contributed by atoms with Crippen LogP contribution in [0, 0.1) is 18.7 Å². The van der Waals surface area contributed by atoms with Gasteiger partial charge in [0.15, 0.2) is 0 Å². The molecule has 1 aromatic carbocycles. The van der Waals surface area contributed by atoms with Crippen LogP contribution in [0.1, 0.15) is 25.8 Å². The topological polar surface area (TPSA) is 32.3 Å². The summed E-state index contributed by atoms with van der Waals surface area (Å²) in [5, 5.41) is 12.4. The molecule has 0 aromatic heterocycles. The highest BCUT2D eigenvalue weighted by Crippen LogP contribution is 2.16. The van der Waals surface area contributed by atoms with Gasteiger partial charge in [-0.25, -0.2) is 4.39 Å². The molecule has 2 nitrogen and oxygen atoms in total. The van der Waals surface area contributed by atoms with E-state index in [1.807, 2.05) is 13.0 Å². The standard InChI is InChI=1S/C13H20FNO/c1-9(2)4-13(8-16)15-12-6-10(3)5-11(14)7-12/h5-7,9,13,15-16H,4,8H2,1-3H3. The zero-order valence-electron chi connectivity index (χ0n) is 10.1. The number of rotatable bonds is 5. The number of aliphatic hydroxyl groups excluding tert-OH is 1. The van der Waals surface area contributed by atoms with Crippen LogP contribution in [0.3, 0.4) is 0 Å². The van der Waals surface area contributed by atoms with Gasteiger partial charge < -0.3 is 10.4 Å². The highest BCUT2D eigenvalue weighted by atomic mass is 19.1. The fourth-order valence-electron chi connectivity index (χ4n) is 1.80. The summed E-state index contributed by atoms with van der Waals surface area (Å²) in [7, 11) is 0. The van der Waals surface area contributed by atoms with Crippen LogP contribution in [0.4, 0.5) is 10.1 Å². The van der Waals surface area contributed by atoms with Crippen molar-refractivity contribution >= 4 is 5.69 Å². The van der Waals surface area contributed by atoms with Gasteiger partial charge in [-0.2, -0.15) is 0 Å². The number of benzene rings is 1. The van der Waals surface area contributed by atoms with Crippen LogP contribution in [0.5, 0.6) is 0 Å². The Balaban J connectivity index is 2.69. The van der Waals surface area contributed by atoms with Gasteiger partial charge in [0.05, 0.1) is 6.61 Å². The lowest BCUT2D eigenvalue weighted by atomic mass is 10.0. The van der Waals surface area contributed by atoms with E-state index in [1.54, 1.807) is 0 Å². The first kappa shape index (κ1) is 13.0. The summed E-state index contributed by atoms with van der Waals surface area (Å²) in [5.41, 5.74) is 1.61.